The molecule has 0 amide bonds. The maximum Gasteiger partial charge on any atom is 0.330 e. The second-order valence-corrected chi connectivity index (χ2v) is 11.6. The molecule has 0 aliphatic rings. The molecular weight excluding hydrogens is 268 g/mol. The Balaban J connectivity index is 4.47. The van der Waals surface area contributed by atoms with Crippen molar-refractivity contribution in [2.75, 3.05) is 7.11 Å². The molecule has 2 atom stereocenters. The third kappa shape index (κ3) is 6.42. The van der Waals surface area contributed by atoms with Crippen molar-refractivity contribution in [1.29, 1.82) is 0 Å². The summed E-state index contributed by atoms with van der Waals surface area (Å²) >= 11 is 0. The van der Waals surface area contributed by atoms with Gasteiger partial charge in [-0.25, -0.2) is 4.79 Å². The predicted molar refractivity (Wildman–Crippen MR) is 86.9 cm³/mol. The fourth-order valence-corrected chi connectivity index (χ4v) is 1.93. The quantitative estimate of drug-likeness (QED) is 0.313. The normalized spacial score (nSPS) is 16.4. The largest absolute Gasteiger partial charge is 0.549 e. The number of carbonyl (C=O) groups is 1. The predicted octanol–water partition coefficient (Wildman–Crippen LogP) is 4.52. The maximum atomic E-state index is 11.0. The van der Waals surface area contributed by atoms with Crippen LogP contribution in [0.15, 0.2) is 24.5 Å². The number of esters is 1. The number of hydrogen-bond acceptors (Lipinski definition) is 3. The van der Waals surface area contributed by atoms with Gasteiger partial charge in [0.2, 0.25) is 8.32 Å². The SMILES string of the molecule is COC(=O)/C=C/[C@@H](C)[C@H](C)/C=C\O[Si](C)(C)C(C)(C)C. The molecule has 0 spiro atoms. The zero-order valence-electron chi connectivity index (χ0n) is 14.2. The molecule has 0 aromatic heterocycles. The summed E-state index contributed by atoms with van der Waals surface area (Å²) in [6.07, 6.45) is 7.24. The first-order chi connectivity index (χ1) is 9.01. The van der Waals surface area contributed by atoms with Crippen LogP contribution in [0.3, 0.4) is 0 Å². The Morgan fingerprint density at radius 1 is 1.10 bits per heavy atom. The third-order valence-electron chi connectivity index (χ3n) is 4.12. The Bertz CT molecular complexity index is 364. The first-order valence-electron chi connectivity index (χ1n) is 7.12. The van der Waals surface area contributed by atoms with Crippen molar-refractivity contribution in [3.8, 4) is 0 Å². The van der Waals surface area contributed by atoms with E-state index in [0.29, 0.717) is 5.92 Å². The number of allylic oxidation sites excluding steroid dienone is 2. The van der Waals surface area contributed by atoms with Crippen LogP contribution in [0, 0.1) is 11.8 Å². The van der Waals surface area contributed by atoms with Gasteiger partial charge in [0.1, 0.15) is 0 Å². The minimum Gasteiger partial charge on any atom is -0.549 e. The first kappa shape index (κ1) is 19.0. The van der Waals surface area contributed by atoms with Gasteiger partial charge in [-0.15, -0.1) is 0 Å². The molecular formula is C16H30O3Si. The highest BCUT2D eigenvalue weighted by Crippen LogP contribution is 2.36. The van der Waals surface area contributed by atoms with Crippen LogP contribution in [-0.2, 0) is 14.0 Å². The number of rotatable bonds is 6. The molecule has 0 heterocycles. The van der Waals surface area contributed by atoms with Gasteiger partial charge >= 0.3 is 5.97 Å². The molecule has 0 saturated heterocycles. The molecule has 0 N–H and O–H groups in total. The molecule has 0 aliphatic carbocycles. The summed E-state index contributed by atoms with van der Waals surface area (Å²) in [4.78, 5) is 11.0. The average Bonchev–Trinajstić information content (AvgIpc) is 2.33. The van der Waals surface area contributed by atoms with Crippen LogP contribution in [-0.4, -0.2) is 21.4 Å². The molecule has 0 fully saturated rings. The summed E-state index contributed by atoms with van der Waals surface area (Å²) < 4.78 is 10.6. The highest BCUT2D eigenvalue weighted by atomic mass is 28.4. The van der Waals surface area contributed by atoms with Gasteiger partial charge in [0, 0.05) is 6.08 Å². The van der Waals surface area contributed by atoms with Crippen LogP contribution in [0.1, 0.15) is 34.6 Å². The smallest absolute Gasteiger partial charge is 0.330 e. The fraction of sp³-hybridized carbons (Fsp3) is 0.688. The number of hydrogen-bond donors (Lipinski definition) is 0. The van der Waals surface area contributed by atoms with Crippen molar-refractivity contribution in [3.63, 3.8) is 0 Å². The van der Waals surface area contributed by atoms with E-state index >= 15 is 0 Å². The maximum absolute atomic E-state index is 11.0. The van der Waals surface area contributed by atoms with Crippen LogP contribution >= 0.6 is 0 Å². The second kappa shape index (κ2) is 7.67. The van der Waals surface area contributed by atoms with Crippen molar-refractivity contribution >= 4 is 14.3 Å². The van der Waals surface area contributed by atoms with Crippen molar-refractivity contribution in [2.24, 2.45) is 11.8 Å². The van der Waals surface area contributed by atoms with Gasteiger partial charge in [0.15, 0.2) is 0 Å². The summed E-state index contributed by atoms with van der Waals surface area (Å²) in [5, 5.41) is 0.205. The second-order valence-electron chi connectivity index (χ2n) is 6.81. The van der Waals surface area contributed by atoms with E-state index in [-0.39, 0.29) is 16.9 Å². The third-order valence-corrected chi connectivity index (χ3v) is 8.46. The molecule has 20 heavy (non-hydrogen) atoms. The number of carbonyl (C=O) groups excluding carboxylic acids is 1. The summed E-state index contributed by atoms with van der Waals surface area (Å²) in [5.41, 5.74) is 0. The van der Waals surface area contributed by atoms with Gasteiger partial charge in [-0.3, -0.25) is 0 Å². The van der Waals surface area contributed by atoms with Crippen molar-refractivity contribution in [3.05, 3.63) is 24.5 Å². The Morgan fingerprint density at radius 3 is 2.05 bits per heavy atom. The Hall–Kier alpha value is -1.03. The molecule has 0 rings (SSSR count). The Morgan fingerprint density at radius 2 is 1.60 bits per heavy atom. The van der Waals surface area contributed by atoms with Crippen LogP contribution < -0.4 is 0 Å². The molecule has 0 radical (unpaired) electrons. The molecule has 116 valence electrons. The van der Waals surface area contributed by atoms with E-state index in [0.717, 1.165) is 0 Å². The van der Waals surface area contributed by atoms with E-state index < -0.39 is 8.32 Å². The summed E-state index contributed by atoms with van der Waals surface area (Å²) in [6.45, 7) is 15.3. The van der Waals surface area contributed by atoms with Gasteiger partial charge in [0.25, 0.3) is 0 Å². The van der Waals surface area contributed by atoms with E-state index in [4.69, 9.17) is 4.43 Å². The van der Waals surface area contributed by atoms with Gasteiger partial charge in [-0.2, -0.15) is 0 Å². The van der Waals surface area contributed by atoms with E-state index in [1.165, 1.54) is 13.2 Å². The fourth-order valence-electron chi connectivity index (χ4n) is 1.16. The van der Waals surface area contributed by atoms with Crippen molar-refractivity contribution in [2.45, 2.75) is 52.8 Å². The summed E-state index contributed by atoms with van der Waals surface area (Å²) in [5.74, 6) is 0.250. The molecule has 0 bridgehead atoms. The zero-order chi connectivity index (χ0) is 16.0. The zero-order valence-corrected chi connectivity index (χ0v) is 15.2. The minimum atomic E-state index is -1.73. The van der Waals surface area contributed by atoms with Crippen molar-refractivity contribution < 1.29 is 14.0 Å². The average molecular weight is 298 g/mol. The lowest BCUT2D eigenvalue weighted by atomic mass is 9.96. The first-order valence-corrected chi connectivity index (χ1v) is 10.0. The summed E-state index contributed by atoms with van der Waals surface area (Å²) in [7, 11) is -0.345. The molecule has 3 nitrogen and oxygen atoms in total. The highest BCUT2D eigenvalue weighted by molar-refractivity contribution is 6.74. The molecule has 0 aliphatic heterocycles. The Kier molecular flexibility index (Phi) is 7.27. The van der Waals surface area contributed by atoms with Crippen LogP contribution in [0.25, 0.3) is 0 Å². The van der Waals surface area contributed by atoms with Crippen LogP contribution in [0.5, 0.6) is 0 Å². The highest BCUT2D eigenvalue weighted by Gasteiger charge is 2.37. The topological polar surface area (TPSA) is 35.5 Å². The van der Waals surface area contributed by atoms with Crippen LogP contribution in [0.2, 0.25) is 18.1 Å². The number of ether oxygens (including phenoxy) is 1. The molecule has 0 saturated carbocycles. The lowest BCUT2D eigenvalue weighted by Gasteiger charge is -2.35. The minimum absolute atomic E-state index is 0.205. The van der Waals surface area contributed by atoms with Gasteiger partial charge < -0.3 is 9.16 Å². The Labute approximate surface area is 125 Å². The standard InChI is InChI=1S/C16H30O3Si/c1-13(9-10-15(17)18-6)14(2)11-12-19-20(7,8)16(3,4)5/h9-14H,1-8H3/b10-9+,12-11-/t13-,14-/m1/s1. The molecule has 4 heteroatoms. The van der Waals surface area contributed by atoms with Gasteiger partial charge in [-0.1, -0.05) is 40.7 Å². The van der Waals surface area contributed by atoms with Crippen LogP contribution in [0.4, 0.5) is 0 Å². The van der Waals surface area contributed by atoms with Crippen molar-refractivity contribution in [1.82, 2.24) is 0 Å². The lowest BCUT2D eigenvalue weighted by molar-refractivity contribution is -0.134. The van der Waals surface area contributed by atoms with Gasteiger partial charge in [-0.05, 0) is 36.0 Å². The monoisotopic (exact) mass is 298 g/mol. The van der Waals surface area contributed by atoms with E-state index in [9.17, 15) is 4.79 Å². The number of methoxy groups -OCH3 is 1. The van der Waals surface area contributed by atoms with E-state index in [2.05, 4.69) is 58.5 Å². The molecule has 0 aromatic carbocycles. The van der Waals surface area contributed by atoms with E-state index in [1.807, 2.05) is 12.3 Å². The van der Waals surface area contributed by atoms with Gasteiger partial charge in [0.05, 0.1) is 13.4 Å². The lowest BCUT2D eigenvalue weighted by Crippen LogP contribution is -2.39. The molecule has 0 unspecified atom stereocenters. The van der Waals surface area contributed by atoms with E-state index in [1.54, 1.807) is 0 Å². The molecule has 0 aromatic rings. The summed E-state index contributed by atoms with van der Waals surface area (Å²) in [6, 6.07) is 0.